The summed E-state index contributed by atoms with van der Waals surface area (Å²) in [5.41, 5.74) is 8.52. The number of nitrogen functional groups attached to an aromatic ring is 1. The molecule has 0 unspecified atom stereocenters. The predicted octanol–water partition coefficient (Wildman–Crippen LogP) is 3.73. The lowest BCUT2D eigenvalue weighted by atomic mass is 10.1. The molecule has 0 aliphatic carbocycles. The Morgan fingerprint density at radius 3 is 2.65 bits per heavy atom. The number of aromatic nitrogens is 5. The zero-order valence-corrected chi connectivity index (χ0v) is 14.3. The molecule has 8 nitrogen and oxygen atoms in total. The van der Waals surface area contributed by atoms with Crippen LogP contribution in [0.25, 0.3) is 22.2 Å². The van der Waals surface area contributed by atoms with E-state index in [1.807, 2.05) is 42.8 Å². The van der Waals surface area contributed by atoms with E-state index >= 15 is 0 Å². The summed E-state index contributed by atoms with van der Waals surface area (Å²) in [5.74, 6) is 1.54. The molecule has 4 aromatic rings. The van der Waals surface area contributed by atoms with Crippen molar-refractivity contribution in [2.24, 2.45) is 17.3 Å². The van der Waals surface area contributed by atoms with E-state index in [1.165, 1.54) is 0 Å². The van der Waals surface area contributed by atoms with Crippen LogP contribution < -0.4 is 5.73 Å². The van der Waals surface area contributed by atoms with Crippen molar-refractivity contribution in [3.05, 3.63) is 54.6 Å². The van der Waals surface area contributed by atoms with E-state index in [1.54, 1.807) is 24.8 Å². The van der Waals surface area contributed by atoms with Crippen LogP contribution in [0.4, 0.5) is 17.3 Å². The Kier molecular flexibility index (Phi) is 3.85. The van der Waals surface area contributed by atoms with Gasteiger partial charge in [0.15, 0.2) is 17.5 Å². The Morgan fingerprint density at radius 2 is 1.92 bits per heavy atom. The zero-order chi connectivity index (χ0) is 18.1. The molecule has 3 aromatic heterocycles. The first-order chi connectivity index (χ1) is 12.6. The van der Waals surface area contributed by atoms with Crippen molar-refractivity contribution in [3.8, 4) is 11.4 Å². The summed E-state index contributed by atoms with van der Waals surface area (Å²) < 4.78 is 1.82. The predicted molar refractivity (Wildman–Crippen MR) is 99.3 cm³/mol. The minimum Gasteiger partial charge on any atom is -0.382 e. The highest BCUT2D eigenvalue weighted by molar-refractivity contribution is 5.96. The SMILES string of the molecule is Cc1ccc2cnc(N)c(N=Nc3ccc(-c4nncn4C)cn3)c2c1. The monoisotopic (exact) mass is 344 g/mol. The van der Waals surface area contributed by atoms with Crippen LogP contribution in [-0.2, 0) is 7.05 Å². The maximum atomic E-state index is 6.00. The molecule has 0 saturated carbocycles. The van der Waals surface area contributed by atoms with Crippen molar-refractivity contribution in [1.82, 2.24) is 24.7 Å². The molecule has 128 valence electrons. The van der Waals surface area contributed by atoms with Crippen molar-refractivity contribution in [1.29, 1.82) is 0 Å². The van der Waals surface area contributed by atoms with Crippen LogP contribution in [0.15, 0.2) is 59.3 Å². The molecule has 4 rings (SSSR count). The van der Waals surface area contributed by atoms with Gasteiger partial charge in [-0.1, -0.05) is 17.7 Å². The molecular formula is C18H16N8. The molecule has 0 bridgehead atoms. The molecule has 0 aliphatic rings. The Morgan fingerprint density at radius 1 is 1.04 bits per heavy atom. The van der Waals surface area contributed by atoms with Crippen LogP contribution in [0.5, 0.6) is 0 Å². The van der Waals surface area contributed by atoms with Gasteiger partial charge in [-0.15, -0.1) is 20.4 Å². The zero-order valence-electron chi connectivity index (χ0n) is 14.3. The normalized spacial score (nSPS) is 11.5. The van der Waals surface area contributed by atoms with Gasteiger partial charge in [-0.2, -0.15) is 0 Å². The van der Waals surface area contributed by atoms with Crippen molar-refractivity contribution in [2.75, 3.05) is 5.73 Å². The Bertz CT molecular complexity index is 1110. The van der Waals surface area contributed by atoms with Gasteiger partial charge in [-0.3, -0.25) is 0 Å². The van der Waals surface area contributed by atoms with Crippen LogP contribution in [0.1, 0.15) is 5.56 Å². The molecular weight excluding hydrogens is 328 g/mol. The quantitative estimate of drug-likeness (QED) is 0.570. The van der Waals surface area contributed by atoms with Crippen molar-refractivity contribution >= 4 is 28.1 Å². The van der Waals surface area contributed by atoms with Crippen LogP contribution >= 0.6 is 0 Å². The minimum absolute atomic E-state index is 0.336. The number of pyridine rings is 2. The van der Waals surface area contributed by atoms with E-state index in [2.05, 4.69) is 30.4 Å². The van der Waals surface area contributed by atoms with E-state index in [4.69, 9.17) is 5.73 Å². The maximum Gasteiger partial charge on any atom is 0.174 e. The molecule has 1 aromatic carbocycles. The van der Waals surface area contributed by atoms with Gasteiger partial charge in [-0.05, 0) is 25.1 Å². The van der Waals surface area contributed by atoms with Crippen molar-refractivity contribution < 1.29 is 0 Å². The molecule has 0 amide bonds. The molecule has 8 heteroatoms. The fourth-order valence-corrected chi connectivity index (χ4v) is 2.65. The number of benzene rings is 1. The number of rotatable bonds is 3. The fraction of sp³-hybridized carbons (Fsp3) is 0.111. The summed E-state index contributed by atoms with van der Waals surface area (Å²) in [6.45, 7) is 2.02. The largest absolute Gasteiger partial charge is 0.382 e. The molecule has 0 atom stereocenters. The average molecular weight is 344 g/mol. The lowest BCUT2D eigenvalue weighted by Crippen LogP contribution is -1.92. The van der Waals surface area contributed by atoms with Crippen LogP contribution in [-0.4, -0.2) is 24.7 Å². The number of aryl methyl sites for hydroxylation is 2. The van der Waals surface area contributed by atoms with Crippen LogP contribution in [0.2, 0.25) is 0 Å². The Labute approximate surface area is 149 Å². The number of nitrogens with zero attached hydrogens (tertiary/aromatic N) is 7. The second kappa shape index (κ2) is 6.32. The molecule has 0 saturated heterocycles. The van der Waals surface area contributed by atoms with Gasteiger partial charge < -0.3 is 10.3 Å². The maximum absolute atomic E-state index is 6.00. The van der Waals surface area contributed by atoms with E-state index < -0.39 is 0 Å². The van der Waals surface area contributed by atoms with Gasteiger partial charge in [-0.25, -0.2) is 9.97 Å². The molecule has 0 spiro atoms. The van der Waals surface area contributed by atoms with Crippen molar-refractivity contribution in [2.45, 2.75) is 6.92 Å². The smallest absolute Gasteiger partial charge is 0.174 e. The molecule has 3 heterocycles. The third-order valence-electron chi connectivity index (χ3n) is 4.02. The topological polar surface area (TPSA) is 107 Å². The molecule has 0 aliphatic heterocycles. The average Bonchev–Trinajstić information content (AvgIpc) is 3.07. The van der Waals surface area contributed by atoms with E-state index in [9.17, 15) is 0 Å². The van der Waals surface area contributed by atoms with Gasteiger partial charge in [0, 0.05) is 35.8 Å². The highest BCUT2D eigenvalue weighted by atomic mass is 15.2. The Hall–Kier alpha value is -3.68. The minimum atomic E-state index is 0.336. The number of nitrogens with two attached hydrogens (primary N) is 1. The first-order valence-electron chi connectivity index (χ1n) is 7.99. The molecule has 26 heavy (non-hydrogen) atoms. The number of azo groups is 1. The van der Waals surface area contributed by atoms with Gasteiger partial charge in [0.1, 0.15) is 12.0 Å². The second-order valence-corrected chi connectivity index (χ2v) is 5.95. The lowest BCUT2D eigenvalue weighted by Gasteiger charge is -2.05. The first-order valence-corrected chi connectivity index (χ1v) is 7.99. The number of fused-ring (bicyclic) bond motifs is 1. The summed E-state index contributed by atoms with van der Waals surface area (Å²) >= 11 is 0. The van der Waals surface area contributed by atoms with Crippen LogP contribution in [0, 0.1) is 6.92 Å². The van der Waals surface area contributed by atoms with Gasteiger partial charge in [0.05, 0.1) is 0 Å². The number of hydrogen-bond donors (Lipinski definition) is 1. The van der Waals surface area contributed by atoms with E-state index in [0.29, 0.717) is 17.3 Å². The standard InChI is InChI=1S/C18H16N8/c1-11-3-4-12-8-21-17(19)16(14(12)7-11)24-23-15-6-5-13(9-20-15)18-25-22-10-26(18)2/h3-10H,1-2H3,(H2,19,21). The van der Waals surface area contributed by atoms with Gasteiger partial charge in [0.25, 0.3) is 0 Å². The first kappa shape index (κ1) is 15.8. The molecule has 2 N–H and O–H groups in total. The molecule has 0 radical (unpaired) electrons. The lowest BCUT2D eigenvalue weighted by molar-refractivity contribution is 0.918. The number of anilines is 1. The number of hydrogen-bond acceptors (Lipinski definition) is 7. The van der Waals surface area contributed by atoms with Gasteiger partial charge >= 0.3 is 0 Å². The summed E-state index contributed by atoms with van der Waals surface area (Å²) in [4.78, 5) is 8.51. The second-order valence-electron chi connectivity index (χ2n) is 5.95. The summed E-state index contributed by atoms with van der Waals surface area (Å²) in [7, 11) is 1.88. The fourth-order valence-electron chi connectivity index (χ4n) is 2.65. The summed E-state index contributed by atoms with van der Waals surface area (Å²) in [5, 5.41) is 18.3. The summed E-state index contributed by atoms with van der Waals surface area (Å²) in [6, 6.07) is 9.68. The third kappa shape index (κ3) is 2.88. The van der Waals surface area contributed by atoms with Gasteiger partial charge in [0.2, 0.25) is 0 Å². The van der Waals surface area contributed by atoms with Crippen molar-refractivity contribution in [3.63, 3.8) is 0 Å². The van der Waals surface area contributed by atoms with Crippen LogP contribution in [0.3, 0.4) is 0 Å². The van der Waals surface area contributed by atoms with E-state index in [0.717, 1.165) is 27.7 Å². The Balaban J connectivity index is 1.68. The summed E-state index contributed by atoms with van der Waals surface area (Å²) in [6.07, 6.45) is 5.06. The highest BCUT2D eigenvalue weighted by Gasteiger charge is 2.08. The molecule has 0 fully saturated rings. The third-order valence-corrected chi connectivity index (χ3v) is 4.02. The highest BCUT2D eigenvalue weighted by Crippen LogP contribution is 2.32. The van der Waals surface area contributed by atoms with E-state index in [-0.39, 0.29) is 0 Å².